The van der Waals surface area contributed by atoms with Crippen LogP contribution in [-0.4, -0.2) is 17.4 Å². The highest BCUT2D eigenvalue weighted by Gasteiger charge is 2.06. The number of rotatable bonds is 6. The summed E-state index contributed by atoms with van der Waals surface area (Å²) in [5, 5.41) is 6.12. The minimum atomic E-state index is -0.123. The molecule has 1 amide bonds. The topological polar surface area (TPSA) is 54.0 Å². The standard InChI is InChI=1S/C18H23N3O/c1-13(2)10-11-19-17-9-8-16(12-20-17)21-18(22)15-6-4-14(3)5-7-15/h4-9,12-13H,10-11H2,1-3H3,(H,19,20)(H,21,22). The minimum absolute atomic E-state index is 0.123. The molecule has 4 heteroatoms. The van der Waals surface area contributed by atoms with Gasteiger partial charge in [-0.25, -0.2) is 4.98 Å². The van der Waals surface area contributed by atoms with Gasteiger partial charge < -0.3 is 10.6 Å². The number of carbonyl (C=O) groups is 1. The second kappa shape index (κ2) is 7.59. The van der Waals surface area contributed by atoms with Crippen LogP contribution in [0.3, 0.4) is 0 Å². The zero-order valence-corrected chi connectivity index (χ0v) is 13.4. The summed E-state index contributed by atoms with van der Waals surface area (Å²) in [4.78, 5) is 16.4. The average Bonchev–Trinajstić information content (AvgIpc) is 2.49. The van der Waals surface area contributed by atoms with E-state index in [4.69, 9.17) is 0 Å². The highest BCUT2D eigenvalue weighted by Crippen LogP contribution is 2.12. The predicted molar refractivity (Wildman–Crippen MR) is 91.3 cm³/mol. The fraction of sp³-hybridized carbons (Fsp3) is 0.333. The van der Waals surface area contributed by atoms with E-state index in [0.29, 0.717) is 17.2 Å². The van der Waals surface area contributed by atoms with E-state index in [1.54, 1.807) is 6.20 Å². The summed E-state index contributed by atoms with van der Waals surface area (Å²) >= 11 is 0. The van der Waals surface area contributed by atoms with E-state index in [-0.39, 0.29) is 5.91 Å². The molecule has 0 saturated heterocycles. The maximum Gasteiger partial charge on any atom is 0.255 e. The Kier molecular flexibility index (Phi) is 5.53. The number of anilines is 2. The van der Waals surface area contributed by atoms with Crippen molar-refractivity contribution in [1.29, 1.82) is 0 Å². The molecule has 0 atom stereocenters. The molecule has 1 aromatic carbocycles. The predicted octanol–water partition coefficient (Wildman–Crippen LogP) is 4.10. The van der Waals surface area contributed by atoms with Crippen LogP contribution in [0.5, 0.6) is 0 Å². The average molecular weight is 297 g/mol. The monoisotopic (exact) mass is 297 g/mol. The number of hydrogen-bond acceptors (Lipinski definition) is 3. The summed E-state index contributed by atoms with van der Waals surface area (Å²) in [6.07, 6.45) is 2.78. The summed E-state index contributed by atoms with van der Waals surface area (Å²) in [5.74, 6) is 1.37. The largest absolute Gasteiger partial charge is 0.370 e. The second-order valence-electron chi connectivity index (χ2n) is 5.86. The first-order valence-electron chi connectivity index (χ1n) is 7.62. The van der Waals surface area contributed by atoms with Crippen LogP contribution in [0.4, 0.5) is 11.5 Å². The molecule has 2 aromatic rings. The zero-order valence-electron chi connectivity index (χ0n) is 13.4. The maximum absolute atomic E-state index is 12.1. The number of benzene rings is 1. The minimum Gasteiger partial charge on any atom is -0.370 e. The molecule has 2 rings (SSSR count). The van der Waals surface area contributed by atoms with Crippen LogP contribution in [0.2, 0.25) is 0 Å². The Hall–Kier alpha value is -2.36. The Labute approximate surface area is 132 Å². The van der Waals surface area contributed by atoms with Gasteiger partial charge in [-0.15, -0.1) is 0 Å². The van der Waals surface area contributed by atoms with E-state index in [2.05, 4.69) is 29.5 Å². The Morgan fingerprint density at radius 3 is 2.45 bits per heavy atom. The smallest absolute Gasteiger partial charge is 0.255 e. The van der Waals surface area contributed by atoms with Crippen molar-refractivity contribution in [2.45, 2.75) is 27.2 Å². The van der Waals surface area contributed by atoms with Crippen LogP contribution in [-0.2, 0) is 0 Å². The summed E-state index contributed by atoms with van der Waals surface area (Å²) in [6.45, 7) is 7.29. The van der Waals surface area contributed by atoms with Crippen LogP contribution < -0.4 is 10.6 Å². The highest BCUT2D eigenvalue weighted by molar-refractivity contribution is 6.04. The molecular formula is C18H23N3O. The maximum atomic E-state index is 12.1. The molecule has 116 valence electrons. The van der Waals surface area contributed by atoms with Gasteiger partial charge in [-0.3, -0.25) is 4.79 Å². The molecule has 0 bridgehead atoms. The van der Waals surface area contributed by atoms with Crippen LogP contribution in [0.25, 0.3) is 0 Å². The van der Waals surface area contributed by atoms with Gasteiger partial charge in [0.2, 0.25) is 0 Å². The normalized spacial score (nSPS) is 10.5. The first-order chi connectivity index (χ1) is 10.5. The second-order valence-corrected chi connectivity index (χ2v) is 5.86. The van der Waals surface area contributed by atoms with Gasteiger partial charge in [-0.1, -0.05) is 31.5 Å². The lowest BCUT2D eigenvalue weighted by molar-refractivity contribution is 0.102. The molecule has 0 aliphatic carbocycles. The Bertz CT molecular complexity index is 603. The molecule has 1 aromatic heterocycles. The first kappa shape index (κ1) is 16.0. The Morgan fingerprint density at radius 1 is 1.14 bits per heavy atom. The van der Waals surface area contributed by atoms with Crippen molar-refractivity contribution in [3.05, 3.63) is 53.7 Å². The van der Waals surface area contributed by atoms with E-state index >= 15 is 0 Å². The van der Waals surface area contributed by atoms with Crippen molar-refractivity contribution in [2.75, 3.05) is 17.2 Å². The van der Waals surface area contributed by atoms with Crippen LogP contribution >= 0.6 is 0 Å². The van der Waals surface area contributed by atoms with Crippen molar-refractivity contribution in [3.8, 4) is 0 Å². The molecule has 0 radical (unpaired) electrons. The van der Waals surface area contributed by atoms with Crippen LogP contribution in [0.1, 0.15) is 36.2 Å². The molecule has 22 heavy (non-hydrogen) atoms. The SMILES string of the molecule is Cc1ccc(C(=O)Nc2ccc(NCCC(C)C)nc2)cc1. The number of carbonyl (C=O) groups excluding carboxylic acids is 1. The van der Waals surface area contributed by atoms with Crippen LogP contribution in [0, 0.1) is 12.8 Å². The number of amides is 1. The molecule has 0 fully saturated rings. The summed E-state index contributed by atoms with van der Waals surface area (Å²) in [7, 11) is 0. The first-order valence-corrected chi connectivity index (χ1v) is 7.62. The lowest BCUT2D eigenvalue weighted by Crippen LogP contribution is -2.12. The van der Waals surface area contributed by atoms with E-state index in [1.165, 1.54) is 0 Å². The fourth-order valence-corrected chi connectivity index (χ4v) is 1.97. The van der Waals surface area contributed by atoms with Gasteiger partial charge in [0, 0.05) is 12.1 Å². The van der Waals surface area contributed by atoms with Gasteiger partial charge in [-0.05, 0) is 43.5 Å². The molecule has 1 heterocycles. The number of nitrogens with zero attached hydrogens (tertiary/aromatic N) is 1. The van der Waals surface area contributed by atoms with E-state index < -0.39 is 0 Å². The third-order valence-electron chi connectivity index (χ3n) is 3.36. The number of aryl methyl sites for hydroxylation is 1. The number of hydrogen-bond donors (Lipinski definition) is 2. The van der Waals surface area contributed by atoms with E-state index in [1.807, 2.05) is 43.3 Å². The van der Waals surface area contributed by atoms with Crippen molar-refractivity contribution >= 4 is 17.4 Å². The van der Waals surface area contributed by atoms with Crippen molar-refractivity contribution in [3.63, 3.8) is 0 Å². The van der Waals surface area contributed by atoms with E-state index in [9.17, 15) is 4.79 Å². The number of pyridine rings is 1. The molecule has 0 spiro atoms. The van der Waals surface area contributed by atoms with Gasteiger partial charge in [0.1, 0.15) is 5.82 Å². The fourth-order valence-electron chi connectivity index (χ4n) is 1.97. The van der Waals surface area contributed by atoms with Crippen LogP contribution in [0.15, 0.2) is 42.6 Å². The van der Waals surface area contributed by atoms with Gasteiger partial charge in [0.05, 0.1) is 11.9 Å². The molecule has 0 aliphatic rings. The summed E-state index contributed by atoms with van der Waals surface area (Å²) in [5.41, 5.74) is 2.47. The summed E-state index contributed by atoms with van der Waals surface area (Å²) in [6, 6.07) is 11.2. The molecule has 2 N–H and O–H groups in total. The van der Waals surface area contributed by atoms with E-state index in [0.717, 1.165) is 24.3 Å². The van der Waals surface area contributed by atoms with Crippen molar-refractivity contribution < 1.29 is 4.79 Å². The lowest BCUT2D eigenvalue weighted by atomic mass is 10.1. The Balaban J connectivity index is 1.90. The molecular weight excluding hydrogens is 274 g/mol. The third kappa shape index (κ3) is 4.88. The van der Waals surface area contributed by atoms with Crippen molar-refractivity contribution in [2.24, 2.45) is 5.92 Å². The van der Waals surface area contributed by atoms with Gasteiger partial charge >= 0.3 is 0 Å². The molecule has 0 aliphatic heterocycles. The van der Waals surface area contributed by atoms with Gasteiger partial charge in [0.15, 0.2) is 0 Å². The van der Waals surface area contributed by atoms with Gasteiger partial charge in [0.25, 0.3) is 5.91 Å². The van der Waals surface area contributed by atoms with Gasteiger partial charge in [-0.2, -0.15) is 0 Å². The molecule has 4 nitrogen and oxygen atoms in total. The number of aromatic nitrogens is 1. The quantitative estimate of drug-likeness (QED) is 0.844. The molecule has 0 unspecified atom stereocenters. The third-order valence-corrected chi connectivity index (χ3v) is 3.36. The zero-order chi connectivity index (χ0) is 15.9. The highest BCUT2D eigenvalue weighted by atomic mass is 16.1. The Morgan fingerprint density at radius 2 is 1.86 bits per heavy atom. The molecule has 0 saturated carbocycles. The summed E-state index contributed by atoms with van der Waals surface area (Å²) < 4.78 is 0. The number of nitrogens with one attached hydrogen (secondary N) is 2. The lowest BCUT2D eigenvalue weighted by Gasteiger charge is -2.09. The van der Waals surface area contributed by atoms with Crippen molar-refractivity contribution in [1.82, 2.24) is 4.98 Å².